The van der Waals surface area contributed by atoms with Gasteiger partial charge in [0.2, 0.25) is 0 Å². The number of nitrogens with zero attached hydrogens (tertiary/aromatic N) is 3. The third-order valence-corrected chi connectivity index (χ3v) is 10.0. The summed E-state index contributed by atoms with van der Waals surface area (Å²) in [4.78, 5) is 11.4. The summed E-state index contributed by atoms with van der Waals surface area (Å²) < 4.78 is 0. The third kappa shape index (κ3) is 8.78. The standard InChI is InChI=1S/C38H58N4/c1-2-3-4-5-6-7-8-9-10-11-12-13-14-17-26-42-32-33(34-19-15-16-21-37(34)42)24-27-40-28-30-41(31-29-40)38-22-18-20-36-35(38)23-25-39-36/h15-16,18-23,25,33,39H,2-14,17,24,26-32H2,1H3. The number of fused-ring (bicyclic) bond motifs is 2. The van der Waals surface area contributed by atoms with E-state index in [0.29, 0.717) is 5.92 Å². The Balaban J connectivity index is 0.950. The van der Waals surface area contributed by atoms with Crippen LogP contribution in [0.5, 0.6) is 0 Å². The molecule has 1 saturated heterocycles. The number of hydrogen-bond donors (Lipinski definition) is 1. The van der Waals surface area contributed by atoms with Gasteiger partial charge in [-0.25, -0.2) is 0 Å². The topological polar surface area (TPSA) is 25.5 Å². The van der Waals surface area contributed by atoms with Gasteiger partial charge in [0, 0.05) is 73.7 Å². The zero-order chi connectivity index (χ0) is 28.8. The molecule has 2 aliphatic heterocycles. The smallest absolute Gasteiger partial charge is 0.0474 e. The maximum Gasteiger partial charge on any atom is 0.0474 e. The number of piperazine rings is 1. The SMILES string of the molecule is CCCCCCCCCCCCCCCCN1CC(CCN2CCN(c3cccc4[nH]ccc34)CC2)c2ccccc21. The number of nitrogens with one attached hydrogen (secondary N) is 1. The molecule has 4 nitrogen and oxygen atoms in total. The van der Waals surface area contributed by atoms with Crippen molar-refractivity contribution < 1.29 is 0 Å². The molecule has 0 spiro atoms. The van der Waals surface area contributed by atoms with Gasteiger partial charge in [-0.15, -0.1) is 0 Å². The van der Waals surface area contributed by atoms with Gasteiger partial charge in [-0.3, -0.25) is 4.90 Å². The number of para-hydroxylation sites is 1. The number of benzene rings is 2. The fourth-order valence-corrected chi connectivity index (χ4v) is 7.43. The van der Waals surface area contributed by atoms with Crippen LogP contribution < -0.4 is 9.80 Å². The van der Waals surface area contributed by atoms with Crippen LogP contribution in [0, 0.1) is 0 Å². The maximum absolute atomic E-state index is 3.37. The Labute approximate surface area is 256 Å². The molecule has 3 aromatic rings. The van der Waals surface area contributed by atoms with Crippen LogP contribution in [-0.2, 0) is 0 Å². The van der Waals surface area contributed by atoms with Crippen LogP contribution in [0.1, 0.15) is 115 Å². The minimum atomic E-state index is 0.680. The summed E-state index contributed by atoms with van der Waals surface area (Å²) in [6.45, 7) is 10.5. The van der Waals surface area contributed by atoms with Crippen molar-refractivity contribution in [1.29, 1.82) is 0 Å². The van der Waals surface area contributed by atoms with Gasteiger partial charge in [-0.2, -0.15) is 0 Å². The van der Waals surface area contributed by atoms with Crippen LogP contribution >= 0.6 is 0 Å². The lowest BCUT2D eigenvalue weighted by Gasteiger charge is -2.36. The molecule has 0 aliphatic carbocycles. The lowest BCUT2D eigenvalue weighted by Crippen LogP contribution is -2.47. The molecule has 4 heteroatoms. The molecule has 1 atom stereocenters. The van der Waals surface area contributed by atoms with Crippen molar-refractivity contribution in [3.8, 4) is 0 Å². The number of aromatic nitrogens is 1. The quantitative estimate of drug-likeness (QED) is 0.145. The summed E-state index contributed by atoms with van der Waals surface area (Å²) in [7, 11) is 0. The van der Waals surface area contributed by atoms with Crippen molar-refractivity contribution in [1.82, 2.24) is 9.88 Å². The third-order valence-electron chi connectivity index (χ3n) is 10.0. The minimum Gasteiger partial charge on any atom is -0.371 e. The van der Waals surface area contributed by atoms with Gasteiger partial charge in [0.1, 0.15) is 0 Å². The van der Waals surface area contributed by atoms with Crippen LogP contribution in [0.3, 0.4) is 0 Å². The Kier molecular flexibility index (Phi) is 12.5. The monoisotopic (exact) mass is 570 g/mol. The van der Waals surface area contributed by atoms with Crippen molar-refractivity contribution in [3.05, 3.63) is 60.3 Å². The van der Waals surface area contributed by atoms with Gasteiger partial charge in [0.05, 0.1) is 0 Å². The average molecular weight is 571 g/mol. The molecule has 0 radical (unpaired) electrons. The lowest BCUT2D eigenvalue weighted by atomic mass is 9.97. The van der Waals surface area contributed by atoms with Crippen molar-refractivity contribution in [2.45, 2.75) is 109 Å². The second-order valence-electron chi connectivity index (χ2n) is 13.1. The first-order valence-electron chi connectivity index (χ1n) is 17.7. The summed E-state index contributed by atoms with van der Waals surface area (Å²) >= 11 is 0. The Morgan fingerprint density at radius 2 is 1.29 bits per heavy atom. The number of rotatable bonds is 19. The molecule has 3 heterocycles. The minimum absolute atomic E-state index is 0.680. The molecule has 0 amide bonds. The molecule has 1 unspecified atom stereocenters. The second-order valence-corrected chi connectivity index (χ2v) is 13.1. The van der Waals surface area contributed by atoms with Crippen molar-refractivity contribution >= 4 is 22.3 Å². The molecule has 1 aromatic heterocycles. The number of H-pyrrole nitrogens is 1. The van der Waals surface area contributed by atoms with Crippen LogP contribution in [0.15, 0.2) is 54.7 Å². The Bertz CT molecular complexity index is 1160. The second kappa shape index (κ2) is 17.0. The van der Waals surface area contributed by atoms with Crippen LogP contribution in [0.2, 0.25) is 0 Å². The van der Waals surface area contributed by atoms with Gasteiger partial charge < -0.3 is 14.8 Å². The largest absolute Gasteiger partial charge is 0.371 e. The van der Waals surface area contributed by atoms with E-state index < -0.39 is 0 Å². The Morgan fingerprint density at radius 1 is 0.643 bits per heavy atom. The molecule has 0 bridgehead atoms. The van der Waals surface area contributed by atoms with Crippen LogP contribution in [-0.4, -0.2) is 55.7 Å². The molecule has 1 fully saturated rings. The molecule has 5 rings (SSSR count). The molecule has 0 saturated carbocycles. The van der Waals surface area contributed by atoms with E-state index in [0.717, 1.165) is 26.2 Å². The van der Waals surface area contributed by atoms with E-state index in [2.05, 4.69) is 81.3 Å². The zero-order valence-corrected chi connectivity index (χ0v) is 26.7. The average Bonchev–Trinajstić information content (AvgIpc) is 3.65. The fourth-order valence-electron chi connectivity index (χ4n) is 7.43. The highest BCUT2D eigenvalue weighted by Gasteiger charge is 2.28. The van der Waals surface area contributed by atoms with Crippen molar-refractivity contribution in [2.24, 2.45) is 0 Å². The van der Waals surface area contributed by atoms with Gasteiger partial charge in [-0.1, -0.05) is 115 Å². The number of hydrogen-bond acceptors (Lipinski definition) is 3. The summed E-state index contributed by atoms with van der Waals surface area (Å²) in [5.41, 5.74) is 5.74. The summed E-state index contributed by atoms with van der Waals surface area (Å²) in [5.74, 6) is 0.680. The van der Waals surface area contributed by atoms with E-state index in [-0.39, 0.29) is 0 Å². The van der Waals surface area contributed by atoms with Gasteiger partial charge >= 0.3 is 0 Å². The lowest BCUT2D eigenvalue weighted by molar-refractivity contribution is 0.249. The molecule has 2 aromatic carbocycles. The molecule has 2 aliphatic rings. The van der Waals surface area contributed by atoms with Crippen LogP contribution in [0.25, 0.3) is 10.9 Å². The Hall–Kier alpha value is -2.46. The highest BCUT2D eigenvalue weighted by molar-refractivity contribution is 5.92. The maximum atomic E-state index is 3.37. The van der Waals surface area contributed by atoms with E-state index in [4.69, 9.17) is 0 Å². The molecule has 230 valence electrons. The van der Waals surface area contributed by atoms with Gasteiger partial charge in [-0.05, 0) is 49.2 Å². The summed E-state index contributed by atoms with van der Waals surface area (Å²) in [6.07, 6.45) is 23.4. The van der Waals surface area contributed by atoms with E-state index in [1.807, 2.05) is 0 Å². The van der Waals surface area contributed by atoms with E-state index in [1.165, 1.54) is 138 Å². The van der Waals surface area contributed by atoms with E-state index >= 15 is 0 Å². The first kappa shape index (κ1) is 31.0. The molecule has 42 heavy (non-hydrogen) atoms. The van der Waals surface area contributed by atoms with Crippen molar-refractivity contribution in [2.75, 3.05) is 55.6 Å². The number of unbranched alkanes of at least 4 members (excludes halogenated alkanes) is 13. The van der Waals surface area contributed by atoms with Gasteiger partial charge in [0.25, 0.3) is 0 Å². The number of aromatic amines is 1. The van der Waals surface area contributed by atoms with E-state index in [9.17, 15) is 0 Å². The van der Waals surface area contributed by atoms with Crippen LogP contribution in [0.4, 0.5) is 11.4 Å². The molecular weight excluding hydrogens is 512 g/mol. The molecular formula is C38H58N4. The fraction of sp³-hybridized carbons (Fsp3) is 0.632. The predicted molar refractivity (Wildman–Crippen MR) is 183 cm³/mol. The predicted octanol–water partition coefficient (Wildman–Crippen LogP) is 9.77. The first-order chi connectivity index (χ1) is 20.8. The molecule has 1 N–H and O–H groups in total. The first-order valence-corrected chi connectivity index (χ1v) is 17.7. The zero-order valence-electron chi connectivity index (χ0n) is 26.7. The normalized spacial score (nSPS) is 17.4. The Morgan fingerprint density at radius 3 is 2.00 bits per heavy atom. The summed E-state index contributed by atoms with van der Waals surface area (Å²) in [6, 6.07) is 18.1. The summed E-state index contributed by atoms with van der Waals surface area (Å²) in [5, 5.41) is 1.35. The van der Waals surface area contributed by atoms with Crippen molar-refractivity contribution in [3.63, 3.8) is 0 Å². The van der Waals surface area contributed by atoms with E-state index in [1.54, 1.807) is 5.56 Å². The number of anilines is 2. The highest BCUT2D eigenvalue weighted by Crippen LogP contribution is 2.38. The van der Waals surface area contributed by atoms with Gasteiger partial charge in [0.15, 0.2) is 0 Å². The highest BCUT2D eigenvalue weighted by atomic mass is 15.3.